The predicted molar refractivity (Wildman–Crippen MR) is 209 cm³/mol. The van der Waals surface area contributed by atoms with Crippen LogP contribution in [0.1, 0.15) is 17.9 Å². The molecule has 1 heteroatoms. The lowest BCUT2D eigenvalue weighted by Crippen LogP contribution is -2.27. The highest BCUT2D eigenvalue weighted by atomic mass is 15.1. The fourth-order valence-corrected chi connectivity index (χ4v) is 7.45. The highest BCUT2D eigenvalue weighted by molar-refractivity contribution is 6.13. The molecule has 1 aliphatic carbocycles. The Kier molecular flexibility index (Phi) is 7.37. The van der Waals surface area contributed by atoms with Crippen molar-refractivity contribution in [3.63, 3.8) is 0 Å². The van der Waals surface area contributed by atoms with Crippen LogP contribution in [-0.2, 0) is 0 Å². The molecule has 49 heavy (non-hydrogen) atoms. The van der Waals surface area contributed by atoms with Crippen LogP contribution in [0, 0.1) is 0 Å². The maximum absolute atomic E-state index is 2.41. The zero-order valence-electron chi connectivity index (χ0n) is 27.2. The average molecular weight is 626 g/mol. The molecule has 0 heterocycles. The molecular weight excluding hydrogens is 591 g/mol. The van der Waals surface area contributed by atoms with E-state index in [1.165, 1.54) is 59.8 Å². The standard InChI is InChI=1S/C48H35N/c1-2-13-42(14-3-1)49(44-30-26-37(27-31-44)40-23-20-34-10-4-5-11-39(34)32-40)43-28-24-36(25-29-43)35-18-21-38(22-19-35)48-33-41-12-6-7-15-45(41)46-16-8-9-17-47(46)48/h1-22,24-33,40H,23H2. The normalized spacial score (nSPS) is 13.8. The van der Waals surface area contributed by atoms with Crippen LogP contribution in [0.4, 0.5) is 17.1 Å². The fraction of sp³-hybridized carbons (Fsp3) is 0.0417. The molecule has 0 spiro atoms. The third kappa shape index (κ3) is 5.50. The first-order valence-electron chi connectivity index (χ1n) is 17.1. The first-order chi connectivity index (χ1) is 24.3. The molecule has 0 saturated heterocycles. The summed E-state index contributed by atoms with van der Waals surface area (Å²) < 4.78 is 0. The molecule has 232 valence electrons. The van der Waals surface area contributed by atoms with Crippen LogP contribution in [0.2, 0.25) is 0 Å². The summed E-state index contributed by atoms with van der Waals surface area (Å²) in [5, 5.41) is 7.81. The second-order valence-corrected chi connectivity index (χ2v) is 12.9. The molecule has 0 fully saturated rings. The van der Waals surface area contributed by atoms with Crippen molar-refractivity contribution in [1.82, 2.24) is 0 Å². The van der Waals surface area contributed by atoms with Gasteiger partial charge in [0.15, 0.2) is 0 Å². The van der Waals surface area contributed by atoms with E-state index in [2.05, 4.69) is 199 Å². The van der Waals surface area contributed by atoms with E-state index in [9.17, 15) is 0 Å². The number of hydrogen-bond donors (Lipinski definition) is 0. The summed E-state index contributed by atoms with van der Waals surface area (Å²) in [6.07, 6.45) is 5.80. The van der Waals surface area contributed by atoms with Crippen LogP contribution in [0.3, 0.4) is 0 Å². The van der Waals surface area contributed by atoms with Crippen LogP contribution in [0.25, 0.3) is 56.0 Å². The van der Waals surface area contributed by atoms with Crippen LogP contribution >= 0.6 is 0 Å². The van der Waals surface area contributed by atoms with Crippen molar-refractivity contribution in [2.45, 2.75) is 12.3 Å². The van der Waals surface area contributed by atoms with Crippen molar-refractivity contribution >= 4 is 50.8 Å². The Morgan fingerprint density at radius 3 is 1.67 bits per heavy atom. The number of fused-ring (bicyclic) bond motifs is 4. The van der Waals surface area contributed by atoms with Gasteiger partial charge in [-0.05, 0) is 109 Å². The van der Waals surface area contributed by atoms with Gasteiger partial charge in [-0.1, -0.05) is 152 Å². The zero-order valence-corrected chi connectivity index (χ0v) is 27.2. The first-order valence-corrected chi connectivity index (χ1v) is 17.1. The van der Waals surface area contributed by atoms with E-state index < -0.39 is 0 Å². The highest BCUT2D eigenvalue weighted by Gasteiger charge is 2.15. The fourth-order valence-electron chi connectivity index (χ4n) is 7.45. The lowest BCUT2D eigenvalue weighted by molar-refractivity contribution is 0.921. The number of anilines is 3. The Labute approximate surface area is 287 Å². The van der Waals surface area contributed by atoms with E-state index in [0.717, 1.165) is 23.5 Å². The minimum atomic E-state index is 0.389. The van der Waals surface area contributed by atoms with Gasteiger partial charge in [0.1, 0.15) is 0 Å². The second-order valence-electron chi connectivity index (χ2n) is 12.9. The summed E-state index contributed by atoms with van der Waals surface area (Å²) in [6.45, 7) is 0. The largest absolute Gasteiger partial charge is 0.311 e. The topological polar surface area (TPSA) is 3.24 Å². The van der Waals surface area contributed by atoms with Crippen molar-refractivity contribution < 1.29 is 0 Å². The molecule has 1 aliphatic rings. The number of rotatable bonds is 6. The summed E-state index contributed by atoms with van der Waals surface area (Å²) >= 11 is 0. The van der Waals surface area contributed by atoms with Crippen molar-refractivity contribution in [2.24, 2.45) is 0 Å². The molecular formula is C48H35N. The first kappa shape index (κ1) is 29.0. The molecule has 0 N–H and O–H groups in total. The Morgan fingerprint density at radius 2 is 0.939 bits per heavy atom. The SMILES string of the molecule is C1=c2ccccc2=CC(c2ccc(N(c3ccccc3)c3ccc(-c4ccc(-c5cc6ccccc6c6ccccc56)cc4)cc3)cc2)C1. The lowest BCUT2D eigenvalue weighted by Gasteiger charge is -2.26. The lowest BCUT2D eigenvalue weighted by atomic mass is 9.90. The quantitative estimate of drug-likeness (QED) is 0.166. The van der Waals surface area contributed by atoms with Gasteiger partial charge in [-0.2, -0.15) is 0 Å². The molecule has 8 aromatic rings. The summed E-state index contributed by atoms with van der Waals surface area (Å²) in [5.41, 5.74) is 9.67. The maximum atomic E-state index is 2.41. The smallest absolute Gasteiger partial charge is 0.0462 e. The highest BCUT2D eigenvalue weighted by Crippen LogP contribution is 2.38. The van der Waals surface area contributed by atoms with Crippen LogP contribution in [0.15, 0.2) is 182 Å². The van der Waals surface area contributed by atoms with Gasteiger partial charge < -0.3 is 4.90 Å². The van der Waals surface area contributed by atoms with E-state index in [4.69, 9.17) is 0 Å². The van der Waals surface area contributed by atoms with Crippen molar-refractivity contribution in [3.05, 3.63) is 198 Å². The Morgan fingerprint density at radius 1 is 0.408 bits per heavy atom. The molecule has 1 nitrogen and oxygen atoms in total. The number of benzene rings is 8. The molecule has 8 aromatic carbocycles. The predicted octanol–water partition coefficient (Wildman–Crippen LogP) is 11.5. The van der Waals surface area contributed by atoms with Gasteiger partial charge in [0, 0.05) is 23.0 Å². The van der Waals surface area contributed by atoms with E-state index >= 15 is 0 Å². The van der Waals surface area contributed by atoms with Gasteiger partial charge in [-0.25, -0.2) is 0 Å². The number of hydrogen-bond acceptors (Lipinski definition) is 1. The van der Waals surface area contributed by atoms with Crippen molar-refractivity contribution in [1.29, 1.82) is 0 Å². The summed E-state index contributed by atoms with van der Waals surface area (Å²) in [7, 11) is 0. The minimum Gasteiger partial charge on any atom is -0.311 e. The molecule has 1 unspecified atom stereocenters. The monoisotopic (exact) mass is 625 g/mol. The summed E-state index contributed by atoms with van der Waals surface area (Å²) in [6, 6.07) is 66.2. The molecule has 0 bridgehead atoms. The second kappa shape index (κ2) is 12.4. The molecule has 0 radical (unpaired) electrons. The van der Waals surface area contributed by atoms with E-state index in [0.29, 0.717) is 5.92 Å². The summed E-state index contributed by atoms with van der Waals surface area (Å²) in [5.74, 6) is 0.389. The van der Waals surface area contributed by atoms with Crippen LogP contribution in [-0.4, -0.2) is 0 Å². The number of nitrogens with zero attached hydrogens (tertiary/aromatic N) is 1. The molecule has 9 rings (SSSR count). The third-order valence-corrected chi connectivity index (χ3v) is 9.99. The van der Waals surface area contributed by atoms with E-state index in [-0.39, 0.29) is 0 Å². The molecule has 0 aliphatic heterocycles. The molecule has 0 amide bonds. The molecule has 0 saturated carbocycles. The van der Waals surface area contributed by atoms with Gasteiger partial charge in [0.25, 0.3) is 0 Å². The molecule has 1 atom stereocenters. The van der Waals surface area contributed by atoms with Gasteiger partial charge in [-0.3, -0.25) is 0 Å². The van der Waals surface area contributed by atoms with Gasteiger partial charge in [0.2, 0.25) is 0 Å². The van der Waals surface area contributed by atoms with Crippen molar-refractivity contribution in [3.8, 4) is 22.3 Å². The van der Waals surface area contributed by atoms with Gasteiger partial charge in [-0.15, -0.1) is 0 Å². The van der Waals surface area contributed by atoms with Crippen LogP contribution in [0.5, 0.6) is 0 Å². The van der Waals surface area contributed by atoms with Gasteiger partial charge >= 0.3 is 0 Å². The van der Waals surface area contributed by atoms with Gasteiger partial charge in [0.05, 0.1) is 0 Å². The Bertz CT molecular complexity index is 2550. The van der Waals surface area contributed by atoms with E-state index in [1.54, 1.807) is 0 Å². The Balaban J connectivity index is 1.01. The summed E-state index contributed by atoms with van der Waals surface area (Å²) in [4.78, 5) is 2.34. The molecule has 0 aromatic heterocycles. The maximum Gasteiger partial charge on any atom is 0.0462 e. The number of para-hydroxylation sites is 1. The van der Waals surface area contributed by atoms with E-state index in [1.807, 2.05) is 0 Å². The van der Waals surface area contributed by atoms with Crippen LogP contribution < -0.4 is 15.3 Å². The average Bonchev–Trinajstić information content (AvgIpc) is 3.18. The Hall–Kier alpha value is -6.18. The zero-order chi connectivity index (χ0) is 32.6. The van der Waals surface area contributed by atoms with Crippen molar-refractivity contribution in [2.75, 3.05) is 4.90 Å². The third-order valence-electron chi connectivity index (χ3n) is 9.99. The minimum absolute atomic E-state index is 0.389.